The Morgan fingerprint density at radius 1 is 1.24 bits per heavy atom. The molecule has 1 aliphatic rings. The van der Waals surface area contributed by atoms with Crippen LogP contribution in [-0.2, 0) is 22.5 Å². The molecule has 0 aliphatic carbocycles. The predicted octanol–water partition coefficient (Wildman–Crippen LogP) is 3.16. The number of pyridine rings is 1. The van der Waals surface area contributed by atoms with Gasteiger partial charge in [-0.25, -0.2) is 0 Å². The molecule has 1 aliphatic heterocycles. The lowest BCUT2D eigenvalue weighted by molar-refractivity contribution is -0.143. The first-order valence-electron chi connectivity index (χ1n) is 8.82. The number of carbonyl (C=O) groups is 1. The van der Waals surface area contributed by atoms with Crippen LogP contribution in [0.25, 0.3) is 11.3 Å². The summed E-state index contributed by atoms with van der Waals surface area (Å²) in [6.45, 7) is 5.02. The summed E-state index contributed by atoms with van der Waals surface area (Å²) in [6.07, 6.45) is 2.23. The molecule has 25 heavy (non-hydrogen) atoms. The number of ether oxygens (including phenoxy) is 1. The lowest BCUT2D eigenvalue weighted by atomic mass is 10.0. The molecule has 1 aromatic carbocycles. The van der Waals surface area contributed by atoms with Crippen LogP contribution in [0, 0.1) is 0 Å². The Morgan fingerprint density at radius 3 is 2.80 bits per heavy atom. The average Bonchev–Trinajstić information content (AvgIpc) is 2.62. The number of benzene rings is 1. The maximum absolute atomic E-state index is 11.4. The fourth-order valence-electron chi connectivity index (χ4n) is 3.14. The molecule has 1 aromatic heterocycles. The monoisotopic (exact) mass is 340 g/mol. The van der Waals surface area contributed by atoms with Gasteiger partial charge >= 0.3 is 5.97 Å². The largest absolute Gasteiger partial charge is 0.508 e. The molecule has 0 unspecified atom stereocenters. The topological polar surface area (TPSA) is 62.7 Å². The molecule has 0 atom stereocenters. The number of hydrogen-bond acceptors (Lipinski definition) is 5. The van der Waals surface area contributed by atoms with Crippen molar-refractivity contribution in [2.24, 2.45) is 0 Å². The molecule has 2 heterocycles. The van der Waals surface area contributed by atoms with E-state index in [9.17, 15) is 9.90 Å². The summed E-state index contributed by atoms with van der Waals surface area (Å²) in [7, 11) is 0. The van der Waals surface area contributed by atoms with Crippen LogP contribution in [0.1, 0.15) is 31.0 Å². The first kappa shape index (κ1) is 17.4. The highest BCUT2D eigenvalue weighted by Gasteiger charge is 2.18. The zero-order chi connectivity index (χ0) is 17.6. The molecule has 0 saturated carbocycles. The van der Waals surface area contributed by atoms with Crippen molar-refractivity contribution < 1.29 is 14.6 Å². The maximum atomic E-state index is 11.4. The quantitative estimate of drug-likeness (QED) is 0.819. The Morgan fingerprint density at radius 2 is 2.04 bits per heavy atom. The zero-order valence-corrected chi connectivity index (χ0v) is 14.6. The van der Waals surface area contributed by atoms with Crippen molar-refractivity contribution in [1.82, 2.24) is 9.88 Å². The number of phenolic OH excluding ortho intramolecular Hbond substituents is 1. The van der Waals surface area contributed by atoms with Gasteiger partial charge in [0.05, 0.1) is 12.3 Å². The summed E-state index contributed by atoms with van der Waals surface area (Å²) in [6, 6.07) is 11.3. The molecule has 0 radical (unpaired) electrons. The molecule has 0 saturated heterocycles. The van der Waals surface area contributed by atoms with E-state index in [1.165, 1.54) is 5.56 Å². The van der Waals surface area contributed by atoms with Gasteiger partial charge in [0.15, 0.2) is 0 Å². The SMILES string of the molecule is CCOC(=O)CCCN1CCc2nc(-c3ccc(O)cc3)ccc2C1. The van der Waals surface area contributed by atoms with E-state index in [2.05, 4.69) is 11.0 Å². The van der Waals surface area contributed by atoms with Crippen LogP contribution < -0.4 is 0 Å². The molecule has 1 N–H and O–H groups in total. The smallest absolute Gasteiger partial charge is 0.305 e. The van der Waals surface area contributed by atoms with Crippen LogP contribution in [0.4, 0.5) is 0 Å². The minimum absolute atomic E-state index is 0.111. The highest BCUT2D eigenvalue weighted by atomic mass is 16.5. The number of rotatable bonds is 6. The number of carbonyl (C=O) groups excluding carboxylic acids is 1. The number of aromatic hydroxyl groups is 1. The molecule has 0 bridgehead atoms. The van der Waals surface area contributed by atoms with E-state index in [0.29, 0.717) is 13.0 Å². The summed E-state index contributed by atoms with van der Waals surface area (Å²) >= 11 is 0. The third-order valence-electron chi connectivity index (χ3n) is 4.45. The van der Waals surface area contributed by atoms with Gasteiger partial charge in [0.2, 0.25) is 0 Å². The van der Waals surface area contributed by atoms with Crippen LogP contribution >= 0.6 is 0 Å². The standard InChI is InChI=1S/C20H24N2O3/c1-2-25-20(24)4-3-12-22-13-11-19-16(14-22)7-10-18(21-19)15-5-8-17(23)9-6-15/h5-10,23H,2-4,11-14H2,1H3. The molecule has 0 fully saturated rings. The van der Waals surface area contributed by atoms with E-state index in [1.54, 1.807) is 12.1 Å². The molecule has 5 heteroatoms. The first-order valence-corrected chi connectivity index (χ1v) is 8.82. The minimum Gasteiger partial charge on any atom is -0.508 e. The molecule has 0 amide bonds. The second-order valence-electron chi connectivity index (χ2n) is 6.28. The molecule has 2 aromatic rings. The van der Waals surface area contributed by atoms with Gasteiger partial charge in [0.1, 0.15) is 5.75 Å². The Hall–Kier alpha value is -2.40. The molecule has 5 nitrogen and oxygen atoms in total. The highest BCUT2D eigenvalue weighted by Crippen LogP contribution is 2.24. The van der Waals surface area contributed by atoms with Crippen LogP contribution in [0.15, 0.2) is 36.4 Å². The second kappa shape index (κ2) is 8.12. The van der Waals surface area contributed by atoms with Gasteiger partial charge < -0.3 is 9.84 Å². The van der Waals surface area contributed by atoms with Crippen LogP contribution in [-0.4, -0.2) is 40.7 Å². The van der Waals surface area contributed by atoms with Crippen molar-refractivity contribution in [2.75, 3.05) is 19.7 Å². The van der Waals surface area contributed by atoms with Crippen molar-refractivity contribution >= 4 is 5.97 Å². The number of hydrogen-bond donors (Lipinski definition) is 1. The second-order valence-corrected chi connectivity index (χ2v) is 6.28. The van der Waals surface area contributed by atoms with Gasteiger partial charge in [-0.15, -0.1) is 0 Å². The van der Waals surface area contributed by atoms with Gasteiger partial charge in [-0.3, -0.25) is 14.7 Å². The van der Waals surface area contributed by atoms with E-state index >= 15 is 0 Å². The summed E-state index contributed by atoms with van der Waals surface area (Å²) in [5.74, 6) is 0.153. The molecule has 132 valence electrons. The third-order valence-corrected chi connectivity index (χ3v) is 4.45. The first-order chi connectivity index (χ1) is 12.2. The summed E-state index contributed by atoms with van der Waals surface area (Å²) in [5, 5.41) is 9.40. The number of phenols is 1. The molecular formula is C20H24N2O3. The van der Waals surface area contributed by atoms with E-state index in [0.717, 1.165) is 49.4 Å². The van der Waals surface area contributed by atoms with Gasteiger partial charge in [0, 0.05) is 37.2 Å². The van der Waals surface area contributed by atoms with Gasteiger partial charge in [0.25, 0.3) is 0 Å². The lowest BCUT2D eigenvalue weighted by Crippen LogP contribution is -2.32. The average molecular weight is 340 g/mol. The van der Waals surface area contributed by atoms with Crippen LogP contribution in [0.2, 0.25) is 0 Å². The fraction of sp³-hybridized carbons (Fsp3) is 0.400. The molecular weight excluding hydrogens is 316 g/mol. The Kier molecular flexibility index (Phi) is 5.66. The third kappa shape index (κ3) is 4.57. The van der Waals surface area contributed by atoms with Crippen molar-refractivity contribution in [1.29, 1.82) is 0 Å². The van der Waals surface area contributed by atoms with E-state index in [1.807, 2.05) is 25.1 Å². The lowest BCUT2D eigenvalue weighted by Gasteiger charge is -2.28. The van der Waals surface area contributed by atoms with E-state index < -0.39 is 0 Å². The number of nitrogens with zero attached hydrogens (tertiary/aromatic N) is 2. The van der Waals surface area contributed by atoms with E-state index in [-0.39, 0.29) is 11.7 Å². The fourth-order valence-corrected chi connectivity index (χ4v) is 3.14. The molecule has 3 rings (SSSR count). The Balaban J connectivity index is 1.59. The summed E-state index contributed by atoms with van der Waals surface area (Å²) in [4.78, 5) is 18.6. The van der Waals surface area contributed by atoms with Crippen molar-refractivity contribution in [3.05, 3.63) is 47.7 Å². The number of fused-ring (bicyclic) bond motifs is 1. The summed E-state index contributed by atoms with van der Waals surface area (Å²) < 4.78 is 4.97. The highest BCUT2D eigenvalue weighted by molar-refractivity contribution is 5.69. The maximum Gasteiger partial charge on any atom is 0.305 e. The normalized spacial score (nSPS) is 14.1. The van der Waals surface area contributed by atoms with E-state index in [4.69, 9.17) is 9.72 Å². The van der Waals surface area contributed by atoms with Crippen molar-refractivity contribution in [2.45, 2.75) is 32.7 Å². The Bertz CT molecular complexity index is 728. The molecule has 0 spiro atoms. The zero-order valence-electron chi connectivity index (χ0n) is 14.6. The van der Waals surface area contributed by atoms with Crippen LogP contribution in [0.5, 0.6) is 5.75 Å². The number of esters is 1. The predicted molar refractivity (Wildman–Crippen MR) is 96.2 cm³/mol. The van der Waals surface area contributed by atoms with Gasteiger partial charge in [-0.1, -0.05) is 6.07 Å². The van der Waals surface area contributed by atoms with Crippen molar-refractivity contribution in [3.8, 4) is 17.0 Å². The van der Waals surface area contributed by atoms with Crippen molar-refractivity contribution in [3.63, 3.8) is 0 Å². The number of aromatic nitrogens is 1. The minimum atomic E-state index is -0.111. The van der Waals surface area contributed by atoms with Crippen LogP contribution in [0.3, 0.4) is 0 Å². The Labute approximate surface area is 148 Å². The summed E-state index contributed by atoms with van der Waals surface area (Å²) in [5.41, 5.74) is 4.35. The van der Waals surface area contributed by atoms with Gasteiger partial charge in [-0.05, 0) is 55.8 Å². The van der Waals surface area contributed by atoms with Gasteiger partial charge in [-0.2, -0.15) is 0 Å².